The molecule has 0 amide bonds. The van der Waals surface area contributed by atoms with Gasteiger partial charge in [0.2, 0.25) is 0 Å². The maximum Gasteiger partial charge on any atom is 0.144 e. The molecule has 0 spiro atoms. The average Bonchev–Trinajstić information content (AvgIpc) is 2.21. The summed E-state index contributed by atoms with van der Waals surface area (Å²) in [6, 6.07) is 3.26. The van der Waals surface area contributed by atoms with Crippen LogP contribution in [0.1, 0.15) is 24.7 Å². The Kier molecular flexibility index (Phi) is 4.53. The summed E-state index contributed by atoms with van der Waals surface area (Å²) in [6.45, 7) is 2.93. The topological polar surface area (TPSA) is 24.9 Å². The molecule has 0 aromatic carbocycles. The van der Waals surface area contributed by atoms with Crippen molar-refractivity contribution in [2.45, 2.75) is 26.2 Å². The summed E-state index contributed by atoms with van der Waals surface area (Å²) in [5.41, 5.74) is 1.56. The minimum absolute atomic E-state index is 0.182. The lowest BCUT2D eigenvalue weighted by atomic mass is 10.2. The third kappa shape index (κ3) is 3.07. The van der Waals surface area contributed by atoms with Crippen molar-refractivity contribution in [1.29, 1.82) is 0 Å². The number of nitrogens with one attached hydrogen (secondary N) is 1. The summed E-state index contributed by atoms with van der Waals surface area (Å²) in [5.74, 6) is -0.182. The molecule has 1 heterocycles. The Labute approximate surface area is 84.6 Å². The fourth-order valence-electron chi connectivity index (χ4n) is 1.33. The molecule has 0 bridgehead atoms. The van der Waals surface area contributed by atoms with Crippen LogP contribution in [-0.4, -0.2) is 18.6 Å². The Morgan fingerprint density at radius 2 is 2.21 bits per heavy atom. The summed E-state index contributed by atoms with van der Waals surface area (Å²) < 4.78 is 13.3. The van der Waals surface area contributed by atoms with Crippen molar-refractivity contribution >= 4 is 0 Å². The van der Waals surface area contributed by atoms with Gasteiger partial charge in [0, 0.05) is 5.69 Å². The van der Waals surface area contributed by atoms with Crippen LogP contribution in [0, 0.1) is 5.82 Å². The van der Waals surface area contributed by atoms with E-state index in [-0.39, 0.29) is 5.82 Å². The molecule has 0 radical (unpaired) electrons. The molecular formula is C11H17FN2. The van der Waals surface area contributed by atoms with Crippen molar-refractivity contribution < 1.29 is 4.39 Å². The highest BCUT2D eigenvalue weighted by molar-refractivity contribution is 5.13. The van der Waals surface area contributed by atoms with Crippen LogP contribution < -0.4 is 5.32 Å². The summed E-state index contributed by atoms with van der Waals surface area (Å²) in [7, 11) is 1.90. The molecule has 0 saturated heterocycles. The second-order valence-corrected chi connectivity index (χ2v) is 3.29. The van der Waals surface area contributed by atoms with E-state index in [1.807, 2.05) is 14.0 Å². The van der Waals surface area contributed by atoms with Crippen LogP contribution >= 0.6 is 0 Å². The highest BCUT2D eigenvalue weighted by Gasteiger charge is 2.03. The van der Waals surface area contributed by atoms with Gasteiger partial charge in [0.1, 0.15) is 5.82 Å². The molecule has 2 nitrogen and oxygen atoms in total. The van der Waals surface area contributed by atoms with E-state index in [2.05, 4.69) is 10.3 Å². The van der Waals surface area contributed by atoms with Gasteiger partial charge in [0.05, 0.1) is 5.69 Å². The predicted octanol–water partition coefficient (Wildman–Crippen LogP) is 1.94. The SMILES string of the molecule is CCc1ccc(F)c(CCCNC)n1. The van der Waals surface area contributed by atoms with Crippen molar-refractivity contribution in [2.24, 2.45) is 0 Å². The molecular weight excluding hydrogens is 179 g/mol. The van der Waals surface area contributed by atoms with E-state index < -0.39 is 0 Å². The van der Waals surface area contributed by atoms with Crippen LogP contribution in [-0.2, 0) is 12.8 Å². The Hall–Kier alpha value is -0.960. The molecule has 14 heavy (non-hydrogen) atoms. The number of hydrogen-bond acceptors (Lipinski definition) is 2. The third-order valence-electron chi connectivity index (χ3n) is 2.18. The zero-order valence-corrected chi connectivity index (χ0v) is 8.81. The summed E-state index contributed by atoms with van der Waals surface area (Å²) in [5, 5.41) is 3.04. The number of pyridine rings is 1. The maximum atomic E-state index is 13.3. The lowest BCUT2D eigenvalue weighted by molar-refractivity contribution is 0.585. The summed E-state index contributed by atoms with van der Waals surface area (Å²) in [6.07, 6.45) is 2.49. The molecule has 1 N–H and O–H groups in total. The number of halogens is 1. The van der Waals surface area contributed by atoms with Crippen molar-refractivity contribution in [3.63, 3.8) is 0 Å². The standard InChI is InChI=1S/C11H17FN2/c1-3-9-6-7-10(12)11(14-9)5-4-8-13-2/h6-7,13H,3-5,8H2,1-2H3. The maximum absolute atomic E-state index is 13.3. The Bertz CT molecular complexity index is 287. The first-order valence-corrected chi connectivity index (χ1v) is 5.06. The normalized spacial score (nSPS) is 10.5. The molecule has 0 atom stereocenters. The summed E-state index contributed by atoms with van der Waals surface area (Å²) in [4.78, 5) is 4.26. The van der Waals surface area contributed by atoms with Gasteiger partial charge in [-0.15, -0.1) is 0 Å². The van der Waals surface area contributed by atoms with Crippen LogP contribution in [0.25, 0.3) is 0 Å². The lowest BCUT2D eigenvalue weighted by Gasteiger charge is -2.04. The van der Waals surface area contributed by atoms with Gasteiger partial charge >= 0.3 is 0 Å². The first-order chi connectivity index (χ1) is 6.77. The highest BCUT2D eigenvalue weighted by Crippen LogP contribution is 2.08. The van der Waals surface area contributed by atoms with Crippen LogP contribution in [0.15, 0.2) is 12.1 Å². The molecule has 0 saturated carbocycles. The molecule has 0 aliphatic heterocycles. The fraction of sp³-hybridized carbons (Fsp3) is 0.545. The van der Waals surface area contributed by atoms with E-state index >= 15 is 0 Å². The van der Waals surface area contributed by atoms with Crippen molar-refractivity contribution in [1.82, 2.24) is 10.3 Å². The quantitative estimate of drug-likeness (QED) is 0.728. The van der Waals surface area contributed by atoms with Gasteiger partial charge in [0.15, 0.2) is 0 Å². The van der Waals surface area contributed by atoms with E-state index in [0.717, 1.165) is 25.1 Å². The van der Waals surface area contributed by atoms with Gasteiger partial charge < -0.3 is 5.32 Å². The molecule has 1 aromatic rings. The predicted molar refractivity (Wildman–Crippen MR) is 55.8 cm³/mol. The summed E-state index contributed by atoms with van der Waals surface area (Å²) >= 11 is 0. The molecule has 0 unspecified atom stereocenters. The molecule has 0 fully saturated rings. The second kappa shape index (κ2) is 5.70. The zero-order chi connectivity index (χ0) is 10.4. The van der Waals surface area contributed by atoms with Crippen molar-refractivity contribution in [2.75, 3.05) is 13.6 Å². The monoisotopic (exact) mass is 196 g/mol. The van der Waals surface area contributed by atoms with Crippen LogP contribution in [0.3, 0.4) is 0 Å². The molecule has 1 rings (SSSR count). The van der Waals surface area contributed by atoms with E-state index in [0.29, 0.717) is 12.1 Å². The van der Waals surface area contributed by atoms with E-state index in [9.17, 15) is 4.39 Å². The Morgan fingerprint density at radius 1 is 1.43 bits per heavy atom. The highest BCUT2D eigenvalue weighted by atomic mass is 19.1. The Morgan fingerprint density at radius 3 is 2.86 bits per heavy atom. The molecule has 1 aromatic heterocycles. The first-order valence-electron chi connectivity index (χ1n) is 5.06. The molecule has 0 aliphatic rings. The molecule has 0 aliphatic carbocycles. The van der Waals surface area contributed by atoms with E-state index in [1.54, 1.807) is 6.07 Å². The van der Waals surface area contributed by atoms with Gasteiger partial charge in [-0.05, 0) is 45.0 Å². The number of rotatable bonds is 5. The van der Waals surface area contributed by atoms with E-state index in [1.165, 1.54) is 6.07 Å². The second-order valence-electron chi connectivity index (χ2n) is 3.29. The molecule has 78 valence electrons. The van der Waals surface area contributed by atoms with Gasteiger partial charge in [-0.2, -0.15) is 0 Å². The van der Waals surface area contributed by atoms with Gasteiger partial charge in [-0.1, -0.05) is 6.92 Å². The smallest absolute Gasteiger partial charge is 0.144 e. The average molecular weight is 196 g/mol. The van der Waals surface area contributed by atoms with Gasteiger partial charge in [-0.25, -0.2) is 4.39 Å². The minimum Gasteiger partial charge on any atom is -0.320 e. The molecule has 3 heteroatoms. The lowest BCUT2D eigenvalue weighted by Crippen LogP contribution is -2.09. The fourth-order valence-corrected chi connectivity index (χ4v) is 1.33. The van der Waals surface area contributed by atoms with Crippen molar-refractivity contribution in [3.05, 3.63) is 29.3 Å². The number of nitrogens with zero attached hydrogens (tertiary/aromatic N) is 1. The van der Waals surface area contributed by atoms with Crippen molar-refractivity contribution in [3.8, 4) is 0 Å². The van der Waals surface area contributed by atoms with Gasteiger partial charge in [-0.3, -0.25) is 4.98 Å². The number of aryl methyl sites for hydroxylation is 2. The van der Waals surface area contributed by atoms with Gasteiger partial charge in [0.25, 0.3) is 0 Å². The first kappa shape index (κ1) is 11.1. The largest absolute Gasteiger partial charge is 0.320 e. The third-order valence-corrected chi connectivity index (χ3v) is 2.18. The van der Waals surface area contributed by atoms with Crippen LogP contribution in [0.4, 0.5) is 4.39 Å². The number of aromatic nitrogens is 1. The van der Waals surface area contributed by atoms with Crippen LogP contribution in [0.5, 0.6) is 0 Å². The van der Waals surface area contributed by atoms with E-state index in [4.69, 9.17) is 0 Å². The zero-order valence-electron chi connectivity index (χ0n) is 8.81. The number of hydrogen-bond donors (Lipinski definition) is 1. The Balaban J connectivity index is 2.64. The minimum atomic E-state index is -0.182. The van der Waals surface area contributed by atoms with Crippen LogP contribution in [0.2, 0.25) is 0 Å².